The van der Waals surface area contributed by atoms with Gasteiger partial charge in [-0.2, -0.15) is 9.78 Å². The van der Waals surface area contributed by atoms with Gasteiger partial charge in [-0.15, -0.1) is 0 Å². The van der Waals surface area contributed by atoms with Crippen molar-refractivity contribution in [2.75, 3.05) is 13.2 Å². The molecule has 0 aliphatic carbocycles. The van der Waals surface area contributed by atoms with E-state index >= 15 is 0 Å². The molecule has 4 rings (SSSR count). The highest BCUT2D eigenvalue weighted by Gasteiger charge is 2.18. The van der Waals surface area contributed by atoms with Gasteiger partial charge in [0.05, 0.1) is 29.8 Å². The number of ether oxygens (including phenoxy) is 3. The Balaban J connectivity index is 1.73. The molecule has 0 radical (unpaired) electrons. The minimum absolute atomic E-state index is 0.174. The molecule has 0 saturated carbocycles. The normalized spacial score (nSPS) is 11.5. The van der Waals surface area contributed by atoms with Gasteiger partial charge in [-0.1, -0.05) is 26.0 Å². The zero-order valence-electron chi connectivity index (χ0n) is 23.8. The fourth-order valence-electron chi connectivity index (χ4n) is 4.29. The molecule has 0 unspecified atom stereocenters. The SMILES string of the molecule is CCOc1cc(C)c(-c2nc3ccccc3c(=O)n2N=Cc2ccc(OCC(=O)OC(C)C)cc2)cc1C(C)C. The summed E-state index contributed by atoms with van der Waals surface area (Å²) < 4.78 is 17.8. The van der Waals surface area contributed by atoms with Crippen LogP contribution in [0.3, 0.4) is 0 Å². The predicted octanol–water partition coefficient (Wildman–Crippen LogP) is 6.11. The van der Waals surface area contributed by atoms with E-state index in [4.69, 9.17) is 19.2 Å². The third kappa shape index (κ3) is 6.57. The van der Waals surface area contributed by atoms with Crippen LogP contribution in [0.25, 0.3) is 22.3 Å². The largest absolute Gasteiger partial charge is 0.494 e. The lowest BCUT2D eigenvalue weighted by Gasteiger charge is -2.18. The number of aryl methyl sites for hydroxylation is 1. The molecule has 1 heterocycles. The van der Waals surface area contributed by atoms with Gasteiger partial charge in [0.1, 0.15) is 11.5 Å². The second-order valence-electron chi connectivity index (χ2n) is 10.0. The van der Waals surface area contributed by atoms with Crippen LogP contribution in [0.4, 0.5) is 0 Å². The summed E-state index contributed by atoms with van der Waals surface area (Å²) in [5.41, 5.74) is 3.86. The number of rotatable bonds is 10. The first-order chi connectivity index (χ1) is 19.2. The molecule has 4 aromatic rings. The smallest absolute Gasteiger partial charge is 0.344 e. The summed E-state index contributed by atoms with van der Waals surface area (Å²) in [5.74, 6) is 1.58. The number of fused-ring (bicyclic) bond motifs is 1. The number of nitrogens with zero attached hydrogens (tertiary/aromatic N) is 3. The fourth-order valence-corrected chi connectivity index (χ4v) is 4.29. The predicted molar refractivity (Wildman–Crippen MR) is 158 cm³/mol. The van der Waals surface area contributed by atoms with E-state index in [-0.39, 0.29) is 24.2 Å². The van der Waals surface area contributed by atoms with E-state index in [9.17, 15) is 9.59 Å². The van der Waals surface area contributed by atoms with Gasteiger partial charge in [0, 0.05) is 5.56 Å². The summed E-state index contributed by atoms with van der Waals surface area (Å²) in [4.78, 5) is 30.3. The molecule has 0 fully saturated rings. The third-order valence-electron chi connectivity index (χ3n) is 6.20. The lowest BCUT2D eigenvalue weighted by Crippen LogP contribution is -2.21. The molecule has 0 saturated heterocycles. The average molecular weight is 542 g/mol. The molecule has 0 amide bonds. The van der Waals surface area contributed by atoms with Crippen molar-refractivity contribution in [3.8, 4) is 22.9 Å². The monoisotopic (exact) mass is 541 g/mol. The highest BCUT2D eigenvalue weighted by atomic mass is 16.6. The van der Waals surface area contributed by atoms with Crippen molar-refractivity contribution < 1.29 is 19.0 Å². The van der Waals surface area contributed by atoms with Crippen LogP contribution in [0.1, 0.15) is 57.2 Å². The number of benzene rings is 3. The summed E-state index contributed by atoms with van der Waals surface area (Å²) >= 11 is 0. The number of hydrogen-bond acceptors (Lipinski definition) is 7. The first kappa shape index (κ1) is 28.5. The quantitative estimate of drug-likeness (QED) is 0.178. The van der Waals surface area contributed by atoms with E-state index in [2.05, 4.69) is 18.9 Å². The molecule has 208 valence electrons. The van der Waals surface area contributed by atoms with Crippen molar-refractivity contribution in [3.63, 3.8) is 0 Å². The summed E-state index contributed by atoms with van der Waals surface area (Å²) in [5, 5.41) is 5.06. The Kier molecular flexibility index (Phi) is 8.99. The molecule has 0 spiro atoms. The second kappa shape index (κ2) is 12.6. The molecule has 8 heteroatoms. The number of carbonyl (C=O) groups excluding carboxylic acids is 1. The Morgan fingerprint density at radius 3 is 2.42 bits per heavy atom. The molecule has 0 aliphatic heterocycles. The van der Waals surface area contributed by atoms with Crippen LogP contribution < -0.4 is 15.0 Å². The van der Waals surface area contributed by atoms with Crippen LogP contribution in [-0.4, -0.2) is 41.2 Å². The highest BCUT2D eigenvalue weighted by Crippen LogP contribution is 2.34. The number of hydrogen-bond donors (Lipinski definition) is 0. The zero-order valence-corrected chi connectivity index (χ0v) is 23.8. The Morgan fingerprint density at radius 1 is 1.02 bits per heavy atom. The van der Waals surface area contributed by atoms with Crippen LogP contribution in [0, 0.1) is 6.92 Å². The molecular weight excluding hydrogens is 506 g/mol. The van der Waals surface area contributed by atoms with E-state index in [0.29, 0.717) is 29.1 Å². The molecule has 40 heavy (non-hydrogen) atoms. The van der Waals surface area contributed by atoms with Crippen LogP contribution in [-0.2, 0) is 9.53 Å². The first-order valence-corrected chi connectivity index (χ1v) is 13.4. The van der Waals surface area contributed by atoms with Crippen LogP contribution in [0.15, 0.2) is 70.6 Å². The Labute approximate surface area is 234 Å². The second-order valence-corrected chi connectivity index (χ2v) is 10.0. The molecule has 1 aromatic heterocycles. The summed E-state index contributed by atoms with van der Waals surface area (Å²) in [7, 11) is 0. The summed E-state index contributed by atoms with van der Waals surface area (Å²) in [6.45, 7) is 12.1. The minimum atomic E-state index is -0.429. The van der Waals surface area contributed by atoms with Crippen LogP contribution in [0.2, 0.25) is 0 Å². The lowest BCUT2D eigenvalue weighted by atomic mass is 9.96. The van der Waals surface area contributed by atoms with Gasteiger partial charge in [-0.3, -0.25) is 4.79 Å². The van der Waals surface area contributed by atoms with Crippen molar-refractivity contribution in [1.29, 1.82) is 0 Å². The lowest BCUT2D eigenvalue weighted by molar-refractivity contribution is -0.149. The molecule has 0 aliphatic rings. The van der Waals surface area contributed by atoms with Gasteiger partial charge in [0.2, 0.25) is 0 Å². The van der Waals surface area contributed by atoms with Gasteiger partial charge in [0.15, 0.2) is 12.4 Å². The van der Waals surface area contributed by atoms with E-state index in [1.165, 1.54) is 4.68 Å². The molecule has 0 N–H and O–H groups in total. The Hall–Kier alpha value is -4.46. The van der Waals surface area contributed by atoms with Crippen LogP contribution in [0.5, 0.6) is 11.5 Å². The van der Waals surface area contributed by atoms with Gasteiger partial charge in [0.25, 0.3) is 5.56 Å². The van der Waals surface area contributed by atoms with Crippen molar-refractivity contribution in [2.24, 2.45) is 5.10 Å². The number of para-hydroxylation sites is 1. The van der Waals surface area contributed by atoms with Gasteiger partial charge < -0.3 is 14.2 Å². The first-order valence-electron chi connectivity index (χ1n) is 13.4. The topological polar surface area (TPSA) is 92.0 Å². The van der Waals surface area contributed by atoms with Crippen molar-refractivity contribution in [3.05, 3.63) is 87.7 Å². The maximum absolute atomic E-state index is 13.6. The molecule has 3 aromatic carbocycles. The standard InChI is InChI=1S/C32H35N3O5/c1-7-38-29-16-22(6)27(17-26(29)20(2)3)31-34-28-11-9-8-10-25(28)32(37)35(31)33-18-23-12-14-24(15-13-23)39-19-30(36)40-21(4)5/h8-18,20-21H,7,19H2,1-6H3. The number of esters is 1. The Morgan fingerprint density at radius 2 is 1.75 bits per heavy atom. The molecule has 0 atom stereocenters. The maximum atomic E-state index is 13.6. The summed E-state index contributed by atoms with van der Waals surface area (Å²) in [6, 6.07) is 18.4. The summed E-state index contributed by atoms with van der Waals surface area (Å²) in [6.07, 6.45) is 1.40. The van der Waals surface area contributed by atoms with E-state index in [0.717, 1.165) is 28.0 Å². The molecular formula is C32H35N3O5. The Bertz CT molecular complexity index is 1590. The maximum Gasteiger partial charge on any atom is 0.344 e. The number of aromatic nitrogens is 2. The van der Waals surface area contributed by atoms with Crippen molar-refractivity contribution >= 4 is 23.1 Å². The van der Waals surface area contributed by atoms with E-state index in [1.54, 1.807) is 50.4 Å². The highest BCUT2D eigenvalue weighted by molar-refractivity contribution is 5.82. The van der Waals surface area contributed by atoms with Crippen molar-refractivity contribution in [2.45, 2.75) is 53.6 Å². The third-order valence-corrected chi connectivity index (χ3v) is 6.20. The van der Waals surface area contributed by atoms with Gasteiger partial charge >= 0.3 is 5.97 Å². The van der Waals surface area contributed by atoms with Gasteiger partial charge in [-0.25, -0.2) is 9.78 Å². The average Bonchev–Trinajstić information content (AvgIpc) is 2.92. The van der Waals surface area contributed by atoms with Crippen molar-refractivity contribution in [1.82, 2.24) is 9.66 Å². The van der Waals surface area contributed by atoms with Crippen LogP contribution >= 0.6 is 0 Å². The van der Waals surface area contributed by atoms with E-state index in [1.807, 2.05) is 44.2 Å². The van der Waals surface area contributed by atoms with E-state index < -0.39 is 5.97 Å². The van der Waals surface area contributed by atoms with Gasteiger partial charge in [-0.05, 0) is 98.8 Å². The minimum Gasteiger partial charge on any atom is -0.494 e. The zero-order chi connectivity index (χ0) is 28.8. The molecule has 8 nitrogen and oxygen atoms in total. The number of carbonyl (C=O) groups is 1. The fraction of sp³-hybridized carbons (Fsp3) is 0.312. The molecule has 0 bridgehead atoms.